The van der Waals surface area contributed by atoms with Gasteiger partial charge in [-0.2, -0.15) is 0 Å². The second-order valence-electron chi connectivity index (χ2n) is 4.81. The van der Waals surface area contributed by atoms with E-state index in [1.165, 1.54) is 0 Å². The number of rotatable bonds is 4. The van der Waals surface area contributed by atoms with Crippen molar-refractivity contribution >= 4 is 42.3 Å². The molecule has 0 aliphatic carbocycles. The van der Waals surface area contributed by atoms with Gasteiger partial charge >= 0.3 is 0 Å². The molecule has 2 N–H and O–H groups in total. The van der Waals surface area contributed by atoms with Gasteiger partial charge in [-0.15, -0.1) is 24.8 Å². The first-order valence-electron chi connectivity index (χ1n) is 6.64. The van der Waals surface area contributed by atoms with E-state index in [4.69, 9.17) is 11.6 Å². The molecule has 21 heavy (non-hydrogen) atoms. The monoisotopic (exact) mass is 353 g/mol. The second kappa shape index (κ2) is 10.2. The van der Waals surface area contributed by atoms with E-state index in [-0.39, 0.29) is 36.8 Å². The zero-order valence-corrected chi connectivity index (χ0v) is 14.4. The van der Waals surface area contributed by atoms with Crippen molar-refractivity contribution in [3.8, 4) is 0 Å². The molecular formula is C14H22Cl3N3O. The normalized spacial score (nSPS) is 16.3. The Bertz CT molecular complexity index is 422. The highest BCUT2D eigenvalue weighted by atomic mass is 35.5. The zero-order chi connectivity index (χ0) is 13.7. The van der Waals surface area contributed by atoms with Gasteiger partial charge in [0.25, 0.3) is 0 Å². The largest absolute Gasteiger partial charge is 0.351 e. The Kier molecular flexibility index (Phi) is 9.99. The maximum absolute atomic E-state index is 12.1. The lowest BCUT2D eigenvalue weighted by atomic mass is 10.2. The van der Waals surface area contributed by atoms with Crippen LogP contribution in [0.4, 0.5) is 0 Å². The summed E-state index contributed by atoms with van der Waals surface area (Å²) in [5.74, 6) is 0.0804. The number of hydrogen-bond acceptors (Lipinski definition) is 3. The van der Waals surface area contributed by atoms with Gasteiger partial charge in [0.05, 0.1) is 6.04 Å². The van der Waals surface area contributed by atoms with Crippen LogP contribution < -0.4 is 10.6 Å². The van der Waals surface area contributed by atoms with Crippen molar-refractivity contribution in [3.63, 3.8) is 0 Å². The molecule has 1 heterocycles. The lowest BCUT2D eigenvalue weighted by molar-refractivity contribution is -0.126. The van der Waals surface area contributed by atoms with Gasteiger partial charge in [0.1, 0.15) is 0 Å². The summed E-state index contributed by atoms with van der Waals surface area (Å²) in [7, 11) is 0. The first kappa shape index (κ1) is 20.5. The summed E-state index contributed by atoms with van der Waals surface area (Å²) in [6, 6.07) is 7.45. The van der Waals surface area contributed by atoms with Crippen LogP contribution in [-0.2, 0) is 11.3 Å². The molecule has 0 bridgehead atoms. The van der Waals surface area contributed by atoms with Gasteiger partial charge in [-0.3, -0.25) is 9.69 Å². The summed E-state index contributed by atoms with van der Waals surface area (Å²) in [6.07, 6.45) is 0. The number of piperazine rings is 1. The SMILES string of the molecule is CC(C(=O)NCc1ccc(Cl)cc1)N1CCNCC1.Cl.Cl. The molecule has 1 unspecified atom stereocenters. The standard InChI is InChI=1S/C14H20ClN3O.2ClH/c1-11(18-8-6-16-7-9-18)14(19)17-10-12-2-4-13(15)5-3-12;;/h2-5,11,16H,6-10H2,1H3,(H,17,19);2*1H. The Morgan fingerprint density at radius 2 is 1.86 bits per heavy atom. The summed E-state index contributed by atoms with van der Waals surface area (Å²) < 4.78 is 0. The van der Waals surface area contributed by atoms with Gasteiger partial charge in [-0.05, 0) is 24.6 Å². The Hall–Kier alpha value is -0.520. The van der Waals surface area contributed by atoms with E-state index in [0.29, 0.717) is 11.6 Å². The van der Waals surface area contributed by atoms with Crippen LogP contribution in [0.15, 0.2) is 24.3 Å². The number of amides is 1. The van der Waals surface area contributed by atoms with Gasteiger partial charge in [0.2, 0.25) is 5.91 Å². The maximum Gasteiger partial charge on any atom is 0.237 e. The molecule has 2 rings (SSSR count). The molecule has 1 aromatic carbocycles. The zero-order valence-electron chi connectivity index (χ0n) is 12.0. The van der Waals surface area contributed by atoms with Crippen molar-refractivity contribution in [3.05, 3.63) is 34.9 Å². The molecule has 1 aliphatic rings. The number of nitrogens with zero attached hydrogens (tertiary/aromatic N) is 1. The molecule has 1 saturated heterocycles. The van der Waals surface area contributed by atoms with Crippen molar-refractivity contribution in [2.75, 3.05) is 26.2 Å². The molecular weight excluding hydrogens is 333 g/mol. The number of carbonyl (C=O) groups excluding carboxylic acids is 1. The van der Waals surface area contributed by atoms with E-state index in [1.807, 2.05) is 31.2 Å². The molecule has 0 radical (unpaired) electrons. The number of hydrogen-bond donors (Lipinski definition) is 2. The molecule has 1 aliphatic heterocycles. The average Bonchev–Trinajstić information content (AvgIpc) is 2.46. The highest BCUT2D eigenvalue weighted by molar-refractivity contribution is 6.30. The second-order valence-corrected chi connectivity index (χ2v) is 5.24. The van der Waals surface area contributed by atoms with Crippen LogP contribution in [0, 0.1) is 0 Å². The number of halogens is 3. The molecule has 1 fully saturated rings. The van der Waals surface area contributed by atoms with Gasteiger partial charge in [-0.25, -0.2) is 0 Å². The molecule has 1 aromatic rings. The van der Waals surface area contributed by atoms with Crippen LogP contribution >= 0.6 is 36.4 Å². The van der Waals surface area contributed by atoms with Gasteiger partial charge < -0.3 is 10.6 Å². The first-order chi connectivity index (χ1) is 9.16. The fourth-order valence-corrected chi connectivity index (χ4v) is 2.30. The van der Waals surface area contributed by atoms with E-state index in [9.17, 15) is 4.79 Å². The van der Waals surface area contributed by atoms with Crippen LogP contribution in [0.3, 0.4) is 0 Å². The molecule has 0 spiro atoms. The third-order valence-electron chi connectivity index (χ3n) is 3.46. The Morgan fingerprint density at radius 1 is 1.29 bits per heavy atom. The minimum atomic E-state index is -0.0746. The lowest BCUT2D eigenvalue weighted by Crippen LogP contribution is -2.52. The fourth-order valence-electron chi connectivity index (χ4n) is 2.17. The third-order valence-corrected chi connectivity index (χ3v) is 3.71. The summed E-state index contributed by atoms with van der Waals surface area (Å²) >= 11 is 5.83. The molecule has 0 saturated carbocycles. The molecule has 4 nitrogen and oxygen atoms in total. The smallest absolute Gasteiger partial charge is 0.237 e. The highest BCUT2D eigenvalue weighted by Gasteiger charge is 2.22. The van der Waals surface area contributed by atoms with Gasteiger partial charge in [-0.1, -0.05) is 23.7 Å². The number of benzene rings is 1. The topological polar surface area (TPSA) is 44.4 Å². The van der Waals surface area contributed by atoms with Crippen LogP contribution in [0.1, 0.15) is 12.5 Å². The number of carbonyl (C=O) groups is 1. The summed E-state index contributed by atoms with van der Waals surface area (Å²) in [4.78, 5) is 14.3. The highest BCUT2D eigenvalue weighted by Crippen LogP contribution is 2.09. The predicted molar refractivity (Wildman–Crippen MR) is 91.7 cm³/mol. The van der Waals surface area contributed by atoms with E-state index in [2.05, 4.69) is 15.5 Å². The van der Waals surface area contributed by atoms with Crippen LogP contribution in [0.25, 0.3) is 0 Å². The first-order valence-corrected chi connectivity index (χ1v) is 7.01. The van der Waals surface area contributed by atoms with E-state index >= 15 is 0 Å². The van der Waals surface area contributed by atoms with Gasteiger partial charge in [0, 0.05) is 37.7 Å². The van der Waals surface area contributed by atoms with Crippen LogP contribution in [0.5, 0.6) is 0 Å². The Labute approximate surface area is 143 Å². The number of nitrogens with one attached hydrogen (secondary N) is 2. The third kappa shape index (κ3) is 6.41. The molecule has 0 aromatic heterocycles. The maximum atomic E-state index is 12.1. The van der Waals surface area contributed by atoms with Crippen molar-refractivity contribution in [1.29, 1.82) is 0 Å². The summed E-state index contributed by atoms with van der Waals surface area (Å²) in [5, 5.41) is 6.97. The van der Waals surface area contributed by atoms with E-state index in [0.717, 1.165) is 31.7 Å². The molecule has 120 valence electrons. The van der Waals surface area contributed by atoms with Crippen molar-refractivity contribution in [2.24, 2.45) is 0 Å². The predicted octanol–water partition coefficient (Wildman–Crippen LogP) is 2.09. The van der Waals surface area contributed by atoms with Crippen molar-refractivity contribution < 1.29 is 4.79 Å². The quantitative estimate of drug-likeness (QED) is 0.870. The Morgan fingerprint density at radius 3 is 2.43 bits per heavy atom. The minimum absolute atomic E-state index is 0. The summed E-state index contributed by atoms with van der Waals surface area (Å²) in [5.41, 5.74) is 1.06. The fraction of sp³-hybridized carbons (Fsp3) is 0.500. The molecule has 7 heteroatoms. The average molecular weight is 355 g/mol. The summed E-state index contributed by atoms with van der Waals surface area (Å²) in [6.45, 7) is 6.27. The molecule has 1 atom stereocenters. The van der Waals surface area contributed by atoms with E-state index < -0.39 is 0 Å². The van der Waals surface area contributed by atoms with Crippen molar-refractivity contribution in [1.82, 2.24) is 15.5 Å². The van der Waals surface area contributed by atoms with Crippen LogP contribution in [0.2, 0.25) is 5.02 Å². The minimum Gasteiger partial charge on any atom is -0.351 e. The lowest BCUT2D eigenvalue weighted by Gasteiger charge is -2.31. The Balaban J connectivity index is 0.00000200. The van der Waals surface area contributed by atoms with Gasteiger partial charge in [0.15, 0.2) is 0 Å². The van der Waals surface area contributed by atoms with E-state index in [1.54, 1.807) is 0 Å². The van der Waals surface area contributed by atoms with Crippen LogP contribution in [-0.4, -0.2) is 43.0 Å². The van der Waals surface area contributed by atoms with Crippen molar-refractivity contribution in [2.45, 2.75) is 19.5 Å². The molecule has 1 amide bonds.